The highest BCUT2D eigenvalue weighted by Gasteiger charge is 2.54. The lowest BCUT2D eigenvalue weighted by atomic mass is 9.69. The van der Waals surface area contributed by atoms with Crippen LogP contribution in [0.5, 0.6) is 0 Å². The maximum absolute atomic E-state index is 12.3. The minimum atomic E-state index is -0.562. The fourth-order valence-electron chi connectivity index (χ4n) is 3.81. The van der Waals surface area contributed by atoms with Crippen LogP contribution >= 0.6 is 0 Å². The van der Waals surface area contributed by atoms with E-state index in [4.69, 9.17) is 9.57 Å². The van der Waals surface area contributed by atoms with Crippen molar-refractivity contribution in [3.8, 4) is 0 Å². The van der Waals surface area contributed by atoms with Crippen LogP contribution in [0.3, 0.4) is 0 Å². The maximum Gasteiger partial charge on any atom is 0.407 e. The monoisotopic (exact) mass is 352 g/mol. The van der Waals surface area contributed by atoms with E-state index < -0.39 is 22.7 Å². The third-order valence-corrected chi connectivity index (χ3v) is 4.65. The van der Waals surface area contributed by atoms with E-state index in [1.165, 1.54) is 0 Å². The van der Waals surface area contributed by atoms with E-state index in [-0.39, 0.29) is 6.04 Å². The number of amides is 1. The van der Waals surface area contributed by atoms with Crippen LogP contribution in [-0.2, 0) is 14.4 Å². The van der Waals surface area contributed by atoms with Gasteiger partial charge in [0.25, 0.3) is 0 Å². The van der Waals surface area contributed by atoms with E-state index in [9.17, 15) is 9.59 Å². The van der Waals surface area contributed by atoms with Gasteiger partial charge in [-0.1, -0.05) is 19.3 Å². The van der Waals surface area contributed by atoms with Gasteiger partial charge in [0.15, 0.2) is 0 Å². The van der Waals surface area contributed by atoms with Crippen LogP contribution in [0.25, 0.3) is 0 Å². The van der Waals surface area contributed by atoms with E-state index in [0.717, 1.165) is 32.1 Å². The Balaban J connectivity index is 2.26. The molecule has 1 spiro atoms. The third-order valence-electron chi connectivity index (χ3n) is 4.65. The van der Waals surface area contributed by atoms with Crippen LogP contribution in [-0.4, -0.2) is 40.9 Å². The summed E-state index contributed by atoms with van der Waals surface area (Å²) in [4.78, 5) is 30.1. The number of alkyl carbamates (subject to hydrolysis) is 1. The second-order valence-electron chi connectivity index (χ2n) is 9.13. The van der Waals surface area contributed by atoms with Crippen molar-refractivity contribution in [3.63, 3.8) is 0 Å². The normalized spacial score (nSPS) is 23.5. The minimum Gasteiger partial charge on any atom is -0.444 e. The molecule has 2 fully saturated rings. The van der Waals surface area contributed by atoms with Gasteiger partial charge in [0, 0.05) is 5.41 Å². The van der Waals surface area contributed by atoms with Gasteiger partial charge < -0.3 is 10.1 Å². The topological polar surface area (TPSA) is 67.9 Å². The summed E-state index contributed by atoms with van der Waals surface area (Å²) in [6, 6.07) is -0.221. The first kappa shape index (κ1) is 19.8. The smallest absolute Gasteiger partial charge is 0.407 e. The first-order valence-corrected chi connectivity index (χ1v) is 9.19. The first-order chi connectivity index (χ1) is 11.5. The van der Waals surface area contributed by atoms with Crippen LogP contribution in [0.1, 0.15) is 73.6 Å². The predicted octanol–water partition coefficient (Wildman–Crippen LogP) is 3.59. The average Bonchev–Trinajstić information content (AvgIpc) is 2.68. The van der Waals surface area contributed by atoms with Crippen LogP contribution in [0.2, 0.25) is 0 Å². The van der Waals surface area contributed by atoms with Gasteiger partial charge in [-0.15, -0.1) is 0 Å². The van der Waals surface area contributed by atoms with Gasteiger partial charge in [-0.2, -0.15) is 0 Å². The summed E-state index contributed by atoms with van der Waals surface area (Å²) in [7, 11) is 0. The molecule has 0 bridgehead atoms. The van der Waals surface area contributed by atoms with Gasteiger partial charge in [-0.3, -0.25) is 4.84 Å². The van der Waals surface area contributed by atoms with Crippen molar-refractivity contribution in [2.24, 2.45) is 5.41 Å². The molecule has 6 nitrogen and oxygen atoms in total. The number of carbonyl (C=O) groups excluding carboxylic acids is 2. The Bertz CT molecular complexity index is 547. The zero-order chi connectivity index (χ0) is 18.9. The molecule has 25 heavy (non-hydrogen) atoms. The molecule has 1 N–H and O–H groups in total. The molecule has 1 aliphatic heterocycles. The van der Waals surface area contributed by atoms with Gasteiger partial charge in [0.05, 0.1) is 18.2 Å². The van der Waals surface area contributed by atoms with Gasteiger partial charge in [-0.05, 0) is 54.4 Å². The number of ether oxygens (including phenoxy) is 1. The van der Waals surface area contributed by atoms with Gasteiger partial charge in [-0.25, -0.2) is 14.7 Å². The quantitative estimate of drug-likeness (QED) is 0.769. The number of rotatable bonds is 2. The Labute approximate surface area is 150 Å². The molecule has 2 rings (SSSR count). The largest absolute Gasteiger partial charge is 0.444 e. The number of hydrogen-bond donors (Lipinski definition) is 1. The summed E-state index contributed by atoms with van der Waals surface area (Å²) >= 11 is 0. The van der Waals surface area contributed by atoms with Crippen LogP contribution in [0, 0.1) is 5.41 Å². The van der Waals surface area contributed by atoms with Gasteiger partial charge in [0.2, 0.25) is 0 Å². The lowest BCUT2D eigenvalue weighted by Gasteiger charge is -2.38. The molecule has 1 amide bonds. The van der Waals surface area contributed by atoms with Crippen molar-refractivity contribution in [2.75, 3.05) is 6.54 Å². The minimum absolute atomic E-state index is 0.221. The van der Waals surface area contributed by atoms with Crippen molar-refractivity contribution in [3.05, 3.63) is 5.70 Å². The second kappa shape index (κ2) is 7.00. The summed E-state index contributed by atoms with van der Waals surface area (Å²) in [6.07, 6.45) is 4.45. The summed E-state index contributed by atoms with van der Waals surface area (Å²) in [6.45, 7) is 11.8. The molecular formula is C19H32N2O4. The highest BCUT2D eigenvalue weighted by Crippen LogP contribution is 2.50. The second-order valence-corrected chi connectivity index (χ2v) is 9.13. The molecule has 1 unspecified atom stereocenters. The summed E-state index contributed by atoms with van der Waals surface area (Å²) < 4.78 is 5.42. The molecule has 1 saturated carbocycles. The van der Waals surface area contributed by atoms with E-state index in [1.807, 2.05) is 41.5 Å². The summed E-state index contributed by atoms with van der Waals surface area (Å²) in [5, 5.41) is 4.63. The molecule has 1 aliphatic carbocycles. The molecule has 2 aliphatic rings. The van der Waals surface area contributed by atoms with Crippen molar-refractivity contribution in [2.45, 2.75) is 90.9 Å². The van der Waals surface area contributed by atoms with Crippen LogP contribution in [0.4, 0.5) is 4.79 Å². The van der Waals surface area contributed by atoms with Crippen molar-refractivity contribution >= 4 is 12.0 Å². The zero-order valence-corrected chi connectivity index (χ0v) is 16.4. The summed E-state index contributed by atoms with van der Waals surface area (Å²) in [5.74, 6) is 2.12. The van der Waals surface area contributed by atoms with Crippen molar-refractivity contribution < 1.29 is 19.2 Å². The standard InChI is InChI=1S/C19H32N2O4/c1-17(2,3)24-16(23)20-14-12-21(25-18(4,5)6)15(13-22)19(14)10-8-7-9-11-19/h14H,7-12H2,1-6H3,(H,20,23). The van der Waals surface area contributed by atoms with Gasteiger partial charge in [0.1, 0.15) is 17.2 Å². The Morgan fingerprint density at radius 1 is 1.12 bits per heavy atom. The first-order valence-electron chi connectivity index (χ1n) is 9.19. The molecule has 6 heteroatoms. The van der Waals surface area contributed by atoms with E-state index in [1.54, 1.807) is 5.06 Å². The fourth-order valence-corrected chi connectivity index (χ4v) is 3.81. The number of hydrogen-bond acceptors (Lipinski definition) is 5. The average molecular weight is 352 g/mol. The number of carbonyl (C=O) groups is 1. The molecule has 1 saturated heterocycles. The van der Waals surface area contributed by atoms with E-state index >= 15 is 0 Å². The Morgan fingerprint density at radius 3 is 2.20 bits per heavy atom. The lowest BCUT2D eigenvalue weighted by molar-refractivity contribution is -0.200. The highest BCUT2D eigenvalue weighted by atomic mass is 16.7. The number of hydroxylamine groups is 2. The van der Waals surface area contributed by atoms with E-state index in [2.05, 4.69) is 11.3 Å². The Hall–Kier alpha value is -1.52. The zero-order valence-electron chi connectivity index (χ0n) is 16.4. The Kier molecular flexibility index (Phi) is 5.55. The molecule has 0 aromatic carbocycles. The molecule has 142 valence electrons. The highest BCUT2D eigenvalue weighted by molar-refractivity contribution is 5.69. The van der Waals surface area contributed by atoms with Gasteiger partial charge >= 0.3 is 6.09 Å². The molecule has 1 atom stereocenters. The third kappa shape index (κ3) is 4.77. The fraction of sp³-hybridized carbons (Fsp3) is 0.842. The number of nitrogens with zero attached hydrogens (tertiary/aromatic N) is 1. The summed E-state index contributed by atoms with van der Waals surface area (Å²) in [5.41, 5.74) is -0.878. The molecule has 0 aromatic heterocycles. The van der Waals surface area contributed by atoms with E-state index in [0.29, 0.717) is 12.2 Å². The molecule has 0 radical (unpaired) electrons. The lowest BCUT2D eigenvalue weighted by Crippen LogP contribution is -2.49. The van der Waals surface area contributed by atoms with Crippen LogP contribution in [0.15, 0.2) is 5.70 Å². The van der Waals surface area contributed by atoms with Crippen LogP contribution < -0.4 is 5.32 Å². The SMILES string of the molecule is CC(C)(C)OC(=O)NC1CN(OC(C)(C)C)C(=C=O)C12CCCCC2. The number of nitrogens with one attached hydrogen (secondary N) is 1. The Morgan fingerprint density at radius 2 is 1.72 bits per heavy atom. The molecule has 1 heterocycles. The predicted molar refractivity (Wildman–Crippen MR) is 95.4 cm³/mol. The van der Waals surface area contributed by atoms with Crippen molar-refractivity contribution in [1.82, 2.24) is 10.4 Å². The molecular weight excluding hydrogens is 320 g/mol. The maximum atomic E-state index is 12.3. The molecule has 0 aromatic rings. The van der Waals surface area contributed by atoms with Crippen molar-refractivity contribution in [1.29, 1.82) is 0 Å².